The lowest BCUT2D eigenvalue weighted by Crippen LogP contribution is -2.15. The van der Waals surface area contributed by atoms with E-state index in [1.165, 1.54) is 24.3 Å². The minimum Gasteiger partial charge on any atom is -0.284 e. The van der Waals surface area contributed by atoms with E-state index in [1.807, 2.05) is 0 Å². The second kappa shape index (κ2) is 7.36. The molecule has 1 heterocycles. The molecule has 0 aliphatic carbocycles. The monoisotopic (exact) mass is 416 g/mol. The number of anilines is 1. The van der Waals surface area contributed by atoms with Crippen LogP contribution in [0.2, 0.25) is 0 Å². The van der Waals surface area contributed by atoms with Crippen molar-refractivity contribution in [2.24, 2.45) is 4.99 Å². The summed E-state index contributed by atoms with van der Waals surface area (Å²) in [5.41, 5.74) is 3.31. The molecule has 0 saturated heterocycles. The summed E-state index contributed by atoms with van der Waals surface area (Å²) in [4.78, 5) is 4.10. The zero-order valence-corrected chi connectivity index (χ0v) is 15.8. The summed E-state index contributed by atoms with van der Waals surface area (Å²) in [7, 11) is -4.08. The van der Waals surface area contributed by atoms with Crippen LogP contribution in [0.4, 0.5) is 18.9 Å². The van der Waals surface area contributed by atoms with E-state index in [-0.39, 0.29) is 16.4 Å². The molecular weight excluding hydrogens is 401 g/mol. The Labute approximate surface area is 165 Å². The molecule has 0 bridgehead atoms. The van der Waals surface area contributed by atoms with Crippen molar-refractivity contribution in [3.8, 4) is 0 Å². The number of nitrogens with zero attached hydrogens (tertiary/aromatic N) is 1. The van der Waals surface area contributed by atoms with Gasteiger partial charge in [0.25, 0.3) is 10.0 Å². The molecule has 8 heteroatoms. The molecule has 0 atom stereocenters. The second-order valence-corrected chi connectivity index (χ2v) is 8.22. The first-order chi connectivity index (χ1) is 13.8. The Bertz CT molecular complexity index is 1220. The van der Waals surface area contributed by atoms with Crippen molar-refractivity contribution in [3.05, 3.63) is 94.8 Å². The van der Waals surface area contributed by atoms with Crippen LogP contribution in [-0.2, 0) is 16.4 Å². The number of sulfonamides is 1. The van der Waals surface area contributed by atoms with Crippen LogP contribution >= 0.6 is 0 Å². The summed E-state index contributed by atoms with van der Waals surface area (Å²) in [6, 6.07) is 13.3. The van der Waals surface area contributed by atoms with Crippen LogP contribution in [0, 0.1) is 17.5 Å². The Balaban J connectivity index is 1.60. The topological polar surface area (TPSA) is 58.5 Å². The van der Waals surface area contributed by atoms with E-state index in [1.54, 1.807) is 18.2 Å². The lowest BCUT2D eigenvalue weighted by molar-refractivity contribution is 0.504. The molecule has 3 aromatic rings. The Morgan fingerprint density at radius 2 is 1.62 bits per heavy atom. The molecule has 148 valence electrons. The zero-order valence-electron chi connectivity index (χ0n) is 15.0. The fraction of sp³-hybridized carbons (Fsp3) is 0.0952. The summed E-state index contributed by atoms with van der Waals surface area (Å²) in [5, 5.41) is 0. The first-order valence-electron chi connectivity index (χ1n) is 8.75. The maximum Gasteiger partial charge on any atom is 0.261 e. The molecule has 1 N–H and O–H groups in total. The predicted octanol–water partition coefficient (Wildman–Crippen LogP) is 4.30. The third-order valence-electron chi connectivity index (χ3n) is 4.59. The van der Waals surface area contributed by atoms with Crippen LogP contribution in [0.1, 0.15) is 16.7 Å². The quantitative estimate of drug-likeness (QED) is 0.690. The lowest BCUT2D eigenvalue weighted by Gasteiger charge is -2.17. The van der Waals surface area contributed by atoms with Crippen LogP contribution in [0.3, 0.4) is 0 Å². The maximum atomic E-state index is 13.7. The van der Waals surface area contributed by atoms with E-state index in [0.717, 1.165) is 24.1 Å². The number of hydrogen-bond acceptors (Lipinski definition) is 3. The number of hydrogen-bond donors (Lipinski definition) is 1. The second-order valence-electron chi connectivity index (χ2n) is 6.54. The Morgan fingerprint density at radius 3 is 2.34 bits per heavy atom. The molecule has 4 rings (SSSR count). The van der Waals surface area contributed by atoms with Gasteiger partial charge >= 0.3 is 0 Å². The van der Waals surface area contributed by atoms with Crippen LogP contribution in [0.5, 0.6) is 0 Å². The van der Waals surface area contributed by atoms with E-state index < -0.39 is 21.7 Å². The highest BCUT2D eigenvalue weighted by molar-refractivity contribution is 7.92. The van der Waals surface area contributed by atoms with Crippen LogP contribution in [0.15, 0.2) is 70.6 Å². The van der Waals surface area contributed by atoms with Gasteiger partial charge in [0.1, 0.15) is 5.82 Å². The van der Waals surface area contributed by atoms with E-state index in [4.69, 9.17) is 0 Å². The van der Waals surface area contributed by atoms with Crippen molar-refractivity contribution < 1.29 is 21.6 Å². The zero-order chi connectivity index (χ0) is 20.6. The smallest absolute Gasteiger partial charge is 0.261 e. The highest BCUT2D eigenvalue weighted by Gasteiger charge is 2.19. The summed E-state index contributed by atoms with van der Waals surface area (Å²) >= 11 is 0. The molecule has 3 aromatic carbocycles. The van der Waals surface area contributed by atoms with Gasteiger partial charge in [-0.3, -0.25) is 9.71 Å². The number of aliphatic imine (C=N–C) groups is 1. The number of halogens is 3. The number of benzene rings is 3. The molecule has 0 radical (unpaired) electrons. The Hall–Kier alpha value is -3.13. The average Bonchev–Trinajstić information content (AvgIpc) is 2.70. The first-order valence-corrected chi connectivity index (χ1v) is 10.2. The van der Waals surface area contributed by atoms with Crippen molar-refractivity contribution in [2.75, 3.05) is 11.3 Å². The number of fused-ring (bicyclic) bond motifs is 1. The average molecular weight is 416 g/mol. The Kier molecular flexibility index (Phi) is 4.87. The molecule has 4 nitrogen and oxygen atoms in total. The number of rotatable bonds is 4. The maximum absolute atomic E-state index is 13.7. The van der Waals surface area contributed by atoms with Crippen LogP contribution in [-0.4, -0.2) is 20.7 Å². The lowest BCUT2D eigenvalue weighted by atomic mass is 9.93. The third-order valence-corrected chi connectivity index (χ3v) is 5.97. The predicted molar refractivity (Wildman–Crippen MR) is 104 cm³/mol. The van der Waals surface area contributed by atoms with Gasteiger partial charge in [0, 0.05) is 23.4 Å². The molecular formula is C21H15F3N2O2S. The summed E-state index contributed by atoms with van der Waals surface area (Å²) < 4.78 is 67.2. The van der Waals surface area contributed by atoms with Gasteiger partial charge in [-0.25, -0.2) is 21.6 Å². The van der Waals surface area contributed by atoms with Crippen LogP contribution < -0.4 is 4.72 Å². The molecule has 1 aliphatic heterocycles. The molecule has 0 amide bonds. The van der Waals surface area contributed by atoms with Gasteiger partial charge in [-0.1, -0.05) is 18.2 Å². The number of nitrogens with one attached hydrogen (secondary N) is 1. The van der Waals surface area contributed by atoms with Crippen molar-refractivity contribution in [1.29, 1.82) is 0 Å². The van der Waals surface area contributed by atoms with E-state index in [2.05, 4.69) is 9.71 Å². The largest absolute Gasteiger partial charge is 0.284 e. The highest BCUT2D eigenvalue weighted by atomic mass is 32.2. The summed E-state index contributed by atoms with van der Waals surface area (Å²) in [6.45, 7) is 0.582. The fourth-order valence-corrected chi connectivity index (χ4v) is 4.23. The van der Waals surface area contributed by atoms with E-state index >= 15 is 0 Å². The molecule has 0 aromatic heterocycles. The highest BCUT2D eigenvalue weighted by Crippen LogP contribution is 2.24. The molecule has 0 saturated carbocycles. The normalized spacial score (nSPS) is 13.6. The van der Waals surface area contributed by atoms with Gasteiger partial charge in [0.2, 0.25) is 0 Å². The molecule has 0 spiro atoms. The van der Waals surface area contributed by atoms with E-state index in [0.29, 0.717) is 29.4 Å². The summed E-state index contributed by atoms with van der Waals surface area (Å²) in [6.07, 6.45) is 0.727. The molecule has 0 unspecified atom stereocenters. The van der Waals surface area contributed by atoms with Crippen molar-refractivity contribution >= 4 is 21.4 Å². The SMILES string of the molecule is O=S(=O)(Nc1ccc(C2=NCCc3ccc(F)cc32)cc1)c1ccc(F)c(F)c1. The van der Waals surface area contributed by atoms with Crippen molar-refractivity contribution in [3.63, 3.8) is 0 Å². The molecule has 1 aliphatic rings. The van der Waals surface area contributed by atoms with Crippen molar-refractivity contribution in [2.45, 2.75) is 11.3 Å². The van der Waals surface area contributed by atoms with E-state index in [9.17, 15) is 21.6 Å². The summed E-state index contributed by atoms with van der Waals surface area (Å²) in [5.74, 6) is -2.73. The van der Waals surface area contributed by atoms with Gasteiger partial charge < -0.3 is 0 Å². The van der Waals surface area contributed by atoms with Gasteiger partial charge in [0.15, 0.2) is 11.6 Å². The van der Waals surface area contributed by atoms with Gasteiger partial charge in [0.05, 0.1) is 10.6 Å². The van der Waals surface area contributed by atoms with Crippen molar-refractivity contribution in [1.82, 2.24) is 0 Å². The van der Waals surface area contributed by atoms with Crippen LogP contribution in [0.25, 0.3) is 0 Å². The fourth-order valence-electron chi connectivity index (χ4n) is 3.16. The standard InChI is InChI=1S/C21H15F3N2O2S/c22-15-4-1-13-9-10-25-21(18(13)11-15)14-2-5-16(6-3-14)26-29(27,28)17-7-8-19(23)20(24)12-17/h1-8,11-12,26H,9-10H2. The molecule has 29 heavy (non-hydrogen) atoms. The Morgan fingerprint density at radius 1 is 0.862 bits per heavy atom. The molecule has 0 fully saturated rings. The minimum atomic E-state index is -4.08. The minimum absolute atomic E-state index is 0.245. The van der Waals surface area contributed by atoms with Gasteiger partial charge in [-0.2, -0.15) is 0 Å². The van der Waals surface area contributed by atoms with Gasteiger partial charge in [-0.15, -0.1) is 0 Å². The van der Waals surface area contributed by atoms with Gasteiger partial charge in [-0.05, 0) is 54.4 Å². The third kappa shape index (κ3) is 3.88. The first kappa shape index (κ1) is 19.2.